The molecule has 1 nitrogen and oxygen atoms in total. The van der Waals surface area contributed by atoms with E-state index in [4.69, 9.17) is 0 Å². The molecule has 0 aromatic carbocycles. The summed E-state index contributed by atoms with van der Waals surface area (Å²) >= 11 is 0. The van der Waals surface area contributed by atoms with Crippen LogP contribution in [0.15, 0.2) is 0 Å². The summed E-state index contributed by atoms with van der Waals surface area (Å²) in [6.45, 7) is 3.00. The molecule has 0 atom stereocenters. The molecule has 0 heterocycles. The van der Waals surface area contributed by atoms with Gasteiger partial charge in [-0.3, -0.25) is 0 Å². The van der Waals surface area contributed by atoms with Gasteiger partial charge in [0.1, 0.15) is 0 Å². The van der Waals surface area contributed by atoms with Gasteiger partial charge in [-0.2, -0.15) is 0 Å². The highest BCUT2D eigenvalue weighted by molar-refractivity contribution is 4.99. The summed E-state index contributed by atoms with van der Waals surface area (Å²) in [7, 11) is 1.91. The van der Waals surface area contributed by atoms with Crippen LogP contribution in [0.25, 0.3) is 0 Å². The van der Waals surface area contributed by atoms with E-state index in [0.717, 1.165) is 13.0 Å². The highest BCUT2D eigenvalue weighted by Crippen LogP contribution is 1.89. The standard InChI is InChI=1S/C8H15N/c1-3-4-5-6-7-8-9-2/h9H,3-5,8H2,1-2H3. The number of unbranched alkanes of at least 4 members (excludes halogenated alkanes) is 2. The van der Waals surface area contributed by atoms with Crippen molar-refractivity contribution < 1.29 is 0 Å². The van der Waals surface area contributed by atoms with Crippen LogP contribution in [0.1, 0.15) is 26.2 Å². The normalized spacial score (nSPS) is 8.22. The maximum absolute atomic E-state index is 3.07. The van der Waals surface area contributed by atoms with Gasteiger partial charge in [-0.05, 0) is 13.5 Å². The van der Waals surface area contributed by atoms with Crippen molar-refractivity contribution in [2.75, 3.05) is 13.6 Å². The lowest BCUT2D eigenvalue weighted by atomic mass is 10.2. The second-order valence-corrected chi connectivity index (χ2v) is 1.99. The van der Waals surface area contributed by atoms with Crippen LogP contribution in [0, 0.1) is 11.8 Å². The summed E-state index contributed by atoms with van der Waals surface area (Å²) in [5.41, 5.74) is 0. The molecule has 1 N–H and O–H groups in total. The number of hydrogen-bond donors (Lipinski definition) is 1. The Labute approximate surface area is 57.8 Å². The van der Waals surface area contributed by atoms with Crippen LogP contribution in [0.2, 0.25) is 0 Å². The van der Waals surface area contributed by atoms with Crippen LogP contribution in [0.3, 0.4) is 0 Å². The Bertz CT molecular complexity index is 96.9. The van der Waals surface area contributed by atoms with Gasteiger partial charge in [0.05, 0.1) is 6.54 Å². The largest absolute Gasteiger partial charge is 0.309 e. The Morgan fingerprint density at radius 1 is 1.33 bits per heavy atom. The molecule has 0 unspecified atom stereocenters. The highest BCUT2D eigenvalue weighted by atomic mass is 14.8. The van der Waals surface area contributed by atoms with Crippen molar-refractivity contribution in [3.63, 3.8) is 0 Å². The smallest absolute Gasteiger partial charge is 0.0574 e. The van der Waals surface area contributed by atoms with Gasteiger partial charge in [-0.15, -0.1) is 5.92 Å². The van der Waals surface area contributed by atoms with Gasteiger partial charge in [-0.25, -0.2) is 0 Å². The molecule has 0 amide bonds. The molecule has 0 saturated carbocycles. The molecule has 0 bridgehead atoms. The average Bonchev–Trinajstić information content (AvgIpc) is 1.89. The molecule has 0 fully saturated rings. The first-order chi connectivity index (χ1) is 4.41. The quantitative estimate of drug-likeness (QED) is 0.444. The molecule has 0 radical (unpaired) electrons. The Balaban J connectivity index is 2.96. The summed E-state index contributed by atoms with van der Waals surface area (Å²) in [6.07, 6.45) is 3.53. The first-order valence-electron chi connectivity index (χ1n) is 3.52. The topological polar surface area (TPSA) is 12.0 Å². The van der Waals surface area contributed by atoms with Gasteiger partial charge in [0, 0.05) is 6.42 Å². The lowest BCUT2D eigenvalue weighted by molar-refractivity contribution is 0.826. The monoisotopic (exact) mass is 125 g/mol. The van der Waals surface area contributed by atoms with Crippen molar-refractivity contribution in [2.45, 2.75) is 26.2 Å². The summed E-state index contributed by atoms with van der Waals surface area (Å²) in [4.78, 5) is 0. The Morgan fingerprint density at radius 3 is 2.67 bits per heavy atom. The number of nitrogens with one attached hydrogen (secondary N) is 1. The highest BCUT2D eigenvalue weighted by Gasteiger charge is 1.74. The molecule has 0 aliphatic rings. The third kappa shape index (κ3) is 7.52. The fraction of sp³-hybridized carbons (Fsp3) is 0.750. The van der Waals surface area contributed by atoms with Crippen LogP contribution in [-0.2, 0) is 0 Å². The fourth-order valence-electron chi connectivity index (χ4n) is 0.504. The second kappa shape index (κ2) is 7.52. The average molecular weight is 125 g/mol. The van der Waals surface area contributed by atoms with Crippen molar-refractivity contribution in [1.29, 1.82) is 0 Å². The summed E-state index contributed by atoms with van der Waals surface area (Å²) in [5, 5.41) is 2.97. The predicted molar refractivity (Wildman–Crippen MR) is 41.2 cm³/mol. The van der Waals surface area contributed by atoms with Gasteiger partial charge < -0.3 is 5.32 Å². The third-order valence-corrected chi connectivity index (χ3v) is 1.05. The molecular weight excluding hydrogens is 110 g/mol. The molecule has 0 aliphatic carbocycles. The Hall–Kier alpha value is -0.480. The van der Waals surface area contributed by atoms with Gasteiger partial charge in [0.25, 0.3) is 0 Å². The zero-order chi connectivity index (χ0) is 6.95. The van der Waals surface area contributed by atoms with E-state index in [2.05, 4.69) is 24.1 Å². The molecule has 0 spiro atoms. The zero-order valence-corrected chi connectivity index (χ0v) is 6.33. The molecule has 52 valence electrons. The van der Waals surface area contributed by atoms with Crippen molar-refractivity contribution >= 4 is 0 Å². The predicted octanol–water partition coefficient (Wildman–Crippen LogP) is 1.40. The lowest BCUT2D eigenvalue weighted by Crippen LogP contribution is -2.04. The maximum atomic E-state index is 3.07. The van der Waals surface area contributed by atoms with Crippen LogP contribution in [0.5, 0.6) is 0 Å². The maximum Gasteiger partial charge on any atom is 0.0574 e. The van der Waals surface area contributed by atoms with E-state index in [1.54, 1.807) is 0 Å². The van der Waals surface area contributed by atoms with Crippen molar-refractivity contribution in [3.05, 3.63) is 0 Å². The molecule has 1 heteroatoms. The van der Waals surface area contributed by atoms with Crippen LogP contribution < -0.4 is 5.32 Å². The van der Waals surface area contributed by atoms with E-state index in [1.807, 2.05) is 7.05 Å². The molecule has 0 saturated heterocycles. The summed E-state index contributed by atoms with van der Waals surface area (Å²) in [5.74, 6) is 6.08. The molecule has 0 rings (SSSR count). The van der Waals surface area contributed by atoms with Crippen LogP contribution in [0.4, 0.5) is 0 Å². The Kier molecular flexibility index (Phi) is 7.12. The van der Waals surface area contributed by atoms with Crippen LogP contribution >= 0.6 is 0 Å². The SMILES string of the molecule is CCCCC#CCNC. The van der Waals surface area contributed by atoms with Crippen molar-refractivity contribution in [3.8, 4) is 11.8 Å². The van der Waals surface area contributed by atoms with Crippen molar-refractivity contribution in [2.24, 2.45) is 0 Å². The molecule has 9 heavy (non-hydrogen) atoms. The van der Waals surface area contributed by atoms with E-state index in [0.29, 0.717) is 0 Å². The summed E-state index contributed by atoms with van der Waals surface area (Å²) in [6, 6.07) is 0. The van der Waals surface area contributed by atoms with E-state index >= 15 is 0 Å². The van der Waals surface area contributed by atoms with E-state index < -0.39 is 0 Å². The minimum atomic E-state index is 0.823. The summed E-state index contributed by atoms with van der Waals surface area (Å²) < 4.78 is 0. The van der Waals surface area contributed by atoms with Gasteiger partial charge in [0.2, 0.25) is 0 Å². The molecular formula is C8H15N. The minimum absolute atomic E-state index is 0.823. The molecule has 0 aromatic rings. The first kappa shape index (κ1) is 8.52. The zero-order valence-electron chi connectivity index (χ0n) is 6.33. The first-order valence-corrected chi connectivity index (χ1v) is 3.52. The lowest BCUT2D eigenvalue weighted by Gasteiger charge is -1.84. The number of hydrogen-bond acceptors (Lipinski definition) is 1. The van der Waals surface area contributed by atoms with Gasteiger partial charge >= 0.3 is 0 Å². The third-order valence-electron chi connectivity index (χ3n) is 1.05. The fourth-order valence-corrected chi connectivity index (χ4v) is 0.504. The van der Waals surface area contributed by atoms with E-state index in [-0.39, 0.29) is 0 Å². The van der Waals surface area contributed by atoms with E-state index in [9.17, 15) is 0 Å². The molecule has 0 aliphatic heterocycles. The number of rotatable bonds is 3. The Morgan fingerprint density at radius 2 is 2.11 bits per heavy atom. The van der Waals surface area contributed by atoms with Gasteiger partial charge in [-0.1, -0.05) is 19.3 Å². The van der Waals surface area contributed by atoms with Crippen LogP contribution in [-0.4, -0.2) is 13.6 Å². The molecule has 0 aromatic heterocycles. The second-order valence-electron chi connectivity index (χ2n) is 1.99. The van der Waals surface area contributed by atoms with Crippen molar-refractivity contribution in [1.82, 2.24) is 5.32 Å². The van der Waals surface area contributed by atoms with Gasteiger partial charge in [0.15, 0.2) is 0 Å². The minimum Gasteiger partial charge on any atom is -0.309 e. The van der Waals surface area contributed by atoms with E-state index in [1.165, 1.54) is 12.8 Å².